The maximum absolute atomic E-state index is 5.60. The van der Waals surface area contributed by atoms with Gasteiger partial charge in [0.2, 0.25) is 0 Å². The highest BCUT2D eigenvalue weighted by atomic mass is 16.5. The smallest absolute Gasteiger partial charge is 0.0698 e. The Bertz CT molecular complexity index is 225. The van der Waals surface area contributed by atoms with E-state index < -0.39 is 0 Å². The number of nitrogens with zero attached hydrogens (tertiary/aromatic N) is 1. The summed E-state index contributed by atoms with van der Waals surface area (Å²) in [5, 5.41) is 3.53. The fourth-order valence-electron chi connectivity index (χ4n) is 2.97. The Morgan fingerprint density at radius 3 is 3.06 bits per heavy atom. The van der Waals surface area contributed by atoms with Gasteiger partial charge in [-0.05, 0) is 25.9 Å². The van der Waals surface area contributed by atoms with Gasteiger partial charge in [-0.2, -0.15) is 0 Å². The van der Waals surface area contributed by atoms with Crippen LogP contribution >= 0.6 is 0 Å². The van der Waals surface area contributed by atoms with E-state index in [4.69, 9.17) is 9.47 Å². The van der Waals surface area contributed by atoms with Crippen molar-refractivity contribution in [3.8, 4) is 0 Å². The largest absolute Gasteiger partial charge is 0.380 e. The summed E-state index contributed by atoms with van der Waals surface area (Å²) in [6.45, 7) is 8.44. The molecule has 0 bridgehead atoms. The Balaban J connectivity index is 1.79. The van der Waals surface area contributed by atoms with Crippen molar-refractivity contribution < 1.29 is 9.47 Å². The van der Waals surface area contributed by atoms with E-state index in [1.807, 2.05) is 7.11 Å². The van der Waals surface area contributed by atoms with E-state index in [-0.39, 0.29) is 0 Å². The van der Waals surface area contributed by atoms with E-state index in [2.05, 4.69) is 17.1 Å². The predicted molar refractivity (Wildman–Crippen MR) is 68.2 cm³/mol. The number of rotatable bonds is 5. The molecule has 3 atom stereocenters. The lowest BCUT2D eigenvalue weighted by atomic mass is 10.0. The average molecular weight is 242 g/mol. The SMILES string of the molecule is CCNC1COCC1CN1CCCC(OC)C1. The van der Waals surface area contributed by atoms with Crippen molar-refractivity contribution in [2.45, 2.75) is 31.9 Å². The quantitative estimate of drug-likeness (QED) is 0.770. The zero-order chi connectivity index (χ0) is 12.1. The summed E-state index contributed by atoms with van der Waals surface area (Å²) < 4.78 is 11.1. The van der Waals surface area contributed by atoms with Crippen molar-refractivity contribution in [1.82, 2.24) is 10.2 Å². The van der Waals surface area contributed by atoms with Crippen LogP contribution in [0.25, 0.3) is 0 Å². The second kappa shape index (κ2) is 6.69. The van der Waals surface area contributed by atoms with E-state index >= 15 is 0 Å². The maximum Gasteiger partial charge on any atom is 0.0698 e. The molecule has 0 amide bonds. The standard InChI is InChI=1S/C13H26N2O2/c1-3-14-13-10-17-9-11(13)7-15-6-4-5-12(8-15)16-2/h11-14H,3-10H2,1-2H3. The van der Waals surface area contributed by atoms with Gasteiger partial charge in [-0.15, -0.1) is 0 Å². The minimum atomic E-state index is 0.434. The van der Waals surface area contributed by atoms with E-state index in [0.717, 1.165) is 32.8 Å². The zero-order valence-electron chi connectivity index (χ0n) is 11.2. The fraction of sp³-hybridized carbons (Fsp3) is 1.00. The van der Waals surface area contributed by atoms with Crippen LogP contribution in [0.3, 0.4) is 0 Å². The molecule has 4 heteroatoms. The van der Waals surface area contributed by atoms with E-state index in [0.29, 0.717) is 18.1 Å². The number of methoxy groups -OCH3 is 1. The summed E-state index contributed by atoms with van der Waals surface area (Å²) in [5.74, 6) is 0.644. The first-order valence-electron chi connectivity index (χ1n) is 6.89. The molecule has 2 fully saturated rings. The lowest BCUT2D eigenvalue weighted by molar-refractivity contribution is 0.0242. The Hall–Kier alpha value is -0.160. The summed E-state index contributed by atoms with van der Waals surface area (Å²) in [4.78, 5) is 2.54. The van der Waals surface area contributed by atoms with Crippen LogP contribution in [0.5, 0.6) is 0 Å². The molecular weight excluding hydrogens is 216 g/mol. The normalized spacial score (nSPS) is 35.3. The number of ether oxygens (including phenoxy) is 2. The number of likely N-dealkylation sites (tertiary alicyclic amines) is 1. The number of hydrogen-bond donors (Lipinski definition) is 1. The lowest BCUT2D eigenvalue weighted by Crippen LogP contribution is -2.46. The van der Waals surface area contributed by atoms with Gasteiger partial charge in [-0.25, -0.2) is 0 Å². The first kappa shape index (κ1) is 13.3. The van der Waals surface area contributed by atoms with Crippen LogP contribution in [0.4, 0.5) is 0 Å². The van der Waals surface area contributed by atoms with E-state index in [1.165, 1.54) is 19.4 Å². The summed E-state index contributed by atoms with van der Waals surface area (Å²) in [5.41, 5.74) is 0. The first-order valence-corrected chi connectivity index (χ1v) is 6.89. The molecule has 0 aromatic heterocycles. The van der Waals surface area contributed by atoms with Gasteiger partial charge >= 0.3 is 0 Å². The van der Waals surface area contributed by atoms with Gasteiger partial charge < -0.3 is 19.7 Å². The minimum Gasteiger partial charge on any atom is -0.380 e. The third-order valence-electron chi connectivity index (χ3n) is 3.95. The summed E-state index contributed by atoms with van der Waals surface area (Å²) in [6.07, 6.45) is 2.91. The molecule has 0 aromatic rings. The summed E-state index contributed by atoms with van der Waals surface area (Å²) >= 11 is 0. The van der Waals surface area contributed by atoms with E-state index in [9.17, 15) is 0 Å². The van der Waals surface area contributed by atoms with Gasteiger partial charge in [-0.1, -0.05) is 6.92 Å². The Morgan fingerprint density at radius 1 is 1.41 bits per heavy atom. The highest BCUT2D eigenvalue weighted by Gasteiger charge is 2.30. The summed E-state index contributed by atoms with van der Waals surface area (Å²) in [7, 11) is 1.83. The molecule has 2 aliphatic rings. The highest BCUT2D eigenvalue weighted by Crippen LogP contribution is 2.19. The van der Waals surface area contributed by atoms with Crippen molar-refractivity contribution in [2.24, 2.45) is 5.92 Å². The molecule has 3 unspecified atom stereocenters. The molecule has 2 heterocycles. The van der Waals surface area contributed by atoms with Gasteiger partial charge in [0.05, 0.1) is 19.3 Å². The molecule has 1 N–H and O–H groups in total. The predicted octanol–water partition coefficient (Wildman–Crippen LogP) is 0.722. The fourth-order valence-corrected chi connectivity index (χ4v) is 2.97. The molecule has 0 spiro atoms. The molecule has 0 aromatic carbocycles. The van der Waals surface area contributed by atoms with E-state index in [1.54, 1.807) is 0 Å². The van der Waals surface area contributed by atoms with Crippen molar-refractivity contribution in [3.05, 3.63) is 0 Å². The molecule has 2 rings (SSSR count). The van der Waals surface area contributed by atoms with Crippen LogP contribution in [0.1, 0.15) is 19.8 Å². The lowest BCUT2D eigenvalue weighted by Gasteiger charge is -2.34. The first-order chi connectivity index (χ1) is 8.33. The highest BCUT2D eigenvalue weighted by molar-refractivity contribution is 4.85. The van der Waals surface area contributed by atoms with Crippen LogP contribution in [0.2, 0.25) is 0 Å². The van der Waals surface area contributed by atoms with Crippen LogP contribution in [-0.4, -0.2) is 63.5 Å². The Labute approximate surface area is 105 Å². The third-order valence-corrected chi connectivity index (χ3v) is 3.95. The second-order valence-electron chi connectivity index (χ2n) is 5.22. The molecule has 2 aliphatic heterocycles. The minimum absolute atomic E-state index is 0.434. The zero-order valence-corrected chi connectivity index (χ0v) is 11.2. The molecule has 100 valence electrons. The van der Waals surface area contributed by atoms with Crippen LogP contribution in [0.15, 0.2) is 0 Å². The monoisotopic (exact) mass is 242 g/mol. The molecule has 4 nitrogen and oxygen atoms in total. The van der Waals surface area contributed by atoms with Crippen molar-refractivity contribution in [1.29, 1.82) is 0 Å². The van der Waals surface area contributed by atoms with Crippen LogP contribution in [-0.2, 0) is 9.47 Å². The van der Waals surface area contributed by atoms with Crippen LogP contribution in [0, 0.1) is 5.92 Å². The molecule has 0 radical (unpaired) electrons. The van der Waals surface area contributed by atoms with Crippen molar-refractivity contribution >= 4 is 0 Å². The number of nitrogens with one attached hydrogen (secondary N) is 1. The van der Waals surface area contributed by atoms with Gasteiger partial charge in [0.15, 0.2) is 0 Å². The Morgan fingerprint density at radius 2 is 2.29 bits per heavy atom. The van der Waals surface area contributed by atoms with Gasteiger partial charge in [0.25, 0.3) is 0 Å². The number of likely N-dealkylation sites (N-methyl/N-ethyl adjacent to an activating group) is 1. The summed E-state index contributed by atoms with van der Waals surface area (Å²) in [6, 6.07) is 0.544. The number of hydrogen-bond acceptors (Lipinski definition) is 4. The molecule has 0 saturated carbocycles. The van der Waals surface area contributed by atoms with Gasteiger partial charge in [-0.3, -0.25) is 0 Å². The van der Waals surface area contributed by atoms with Crippen molar-refractivity contribution in [3.63, 3.8) is 0 Å². The number of piperidine rings is 1. The topological polar surface area (TPSA) is 33.7 Å². The average Bonchev–Trinajstić information content (AvgIpc) is 2.78. The second-order valence-corrected chi connectivity index (χ2v) is 5.22. The third kappa shape index (κ3) is 3.65. The van der Waals surface area contributed by atoms with Gasteiger partial charge in [0.1, 0.15) is 0 Å². The molecule has 0 aliphatic carbocycles. The maximum atomic E-state index is 5.60. The van der Waals surface area contributed by atoms with Gasteiger partial charge in [0, 0.05) is 32.2 Å². The molecular formula is C13H26N2O2. The Kier molecular flexibility index (Phi) is 5.22. The molecule has 2 saturated heterocycles. The molecule has 17 heavy (non-hydrogen) atoms. The van der Waals surface area contributed by atoms with Crippen molar-refractivity contribution in [2.75, 3.05) is 46.5 Å². The van der Waals surface area contributed by atoms with Crippen LogP contribution < -0.4 is 5.32 Å².